The third-order valence-corrected chi connectivity index (χ3v) is 8.21. The topological polar surface area (TPSA) is 109 Å². The molecule has 208 valence electrons. The molecule has 2 aromatic carbocycles. The molecular weight excluding hydrogens is 513 g/mol. The van der Waals surface area contributed by atoms with Crippen LogP contribution in [0.3, 0.4) is 0 Å². The molecular formula is C31H32FN3O5. The molecule has 40 heavy (non-hydrogen) atoms. The fourth-order valence-corrected chi connectivity index (χ4v) is 6.13. The van der Waals surface area contributed by atoms with Crippen molar-refractivity contribution in [3.63, 3.8) is 0 Å². The lowest BCUT2D eigenvalue weighted by molar-refractivity contribution is -0.132. The van der Waals surface area contributed by atoms with Crippen LogP contribution >= 0.6 is 0 Å². The average Bonchev–Trinajstić information content (AvgIpc) is 2.94. The van der Waals surface area contributed by atoms with Crippen LogP contribution in [0.25, 0.3) is 11.1 Å². The first-order chi connectivity index (χ1) is 19.2. The zero-order valence-electron chi connectivity index (χ0n) is 22.5. The van der Waals surface area contributed by atoms with Crippen LogP contribution in [0.5, 0.6) is 5.75 Å². The first kappa shape index (κ1) is 27.5. The molecule has 1 aliphatic carbocycles. The first-order valence-corrected chi connectivity index (χ1v) is 13.4. The van der Waals surface area contributed by atoms with E-state index in [0.29, 0.717) is 50.1 Å². The number of ketones is 1. The highest BCUT2D eigenvalue weighted by molar-refractivity contribution is 6.03. The van der Waals surface area contributed by atoms with Gasteiger partial charge in [-0.05, 0) is 78.6 Å². The van der Waals surface area contributed by atoms with E-state index in [9.17, 15) is 23.9 Å². The molecule has 0 radical (unpaired) electrons. The van der Waals surface area contributed by atoms with E-state index in [1.165, 1.54) is 31.5 Å². The van der Waals surface area contributed by atoms with Crippen LogP contribution in [-0.4, -0.2) is 59.0 Å². The number of carbonyl (C=O) groups excluding carboxylic acids is 3. The number of imide groups is 1. The number of likely N-dealkylation sites (tertiary alicyclic amines) is 1. The minimum Gasteiger partial charge on any atom is -0.496 e. The molecule has 5 rings (SSSR count). The van der Waals surface area contributed by atoms with Crippen molar-refractivity contribution in [2.24, 2.45) is 5.41 Å². The summed E-state index contributed by atoms with van der Waals surface area (Å²) in [5.41, 5.74) is 2.89. The van der Waals surface area contributed by atoms with Gasteiger partial charge in [0.2, 0.25) is 0 Å². The number of methoxy groups -OCH3 is 1. The van der Waals surface area contributed by atoms with Gasteiger partial charge in [0.25, 0.3) is 5.91 Å². The highest BCUT2D eigenvalue weighted by Gasteiger charge is 2.48. The number of hydrogen-bond donors (Lipinski definition) is 2. The van der Waals surface area contributed by atoms with Gasteiger partial charge in [-0.15, -0.1) is 0 Å². The van der Waals surface area contributed by atoms with Gasteiger partial charge in [-0.25, -0.2) is 9.18 Å². The van der Waals surface area contributed by atoms with Crippen molar-refractivity contribution >= 4 is 17.7 Å². The SMILES string of the molecule is COc1cc(-c2ccc(F)cc2)cc(C)c1C1C(=O)CC2(CCN(C(=O)NC(=O)c3ccccn3)CC2)CC1O. The predicted molar refractivity (Wildman–Crippen MR) is 146 cm³/mol. The summed E-state index contributed by atoms with van der Waals surface area (Å²) in [6.07, 6.45) is 2.39. The Labute approximate surface area is 232 Å². The molecule has 2 unspecified atom stereocenters. The molecule has 2 atom stereocenters. The van der Waals surface area contributed by atoms with Gasteiger partial charge in [0.15, 0.2) is 0 Å². The number of aliphatic hydroxyl groups excluding tert-OH is 1. The molecule has 1 aliphatic heterocycles. The van der Waals surface area contributed by atoms with Crippen molar-refractivity contribution in [3.05, 3.63) is 83.4 Å². The van der Waals surface area contributed by atoms with Gasteiger partial charge in [0.05, 0.1) is 19.1 Å². The summed E-state index contributed by atoms with van der Waals surface area (Å²) in [4.78, 5) is 44.1. The molecule has 2 aliphatic rings. The molecule has 8 nitrogen and oxygen atoms in total. The summed E-state index contributed by atoms with van der Waals surface area (Å²) < 4.78 is 19.1. The lowest BCUT2D eigenvalue weighted by Gasteiger charge is -2.47. The maximum absolute atomic E-state index is 13.6. The molecule has 0 bridgehead atoms. The van der Waals surface area contributed by atoms with Gasteiger partial charge in [-0.2, -0.15) is 0 Å². The van der Waals surface area contributed by atoms with Crippen molar-refractivity contribution in [2.75, 3.05) is 20.2 Å². The molecule has 2 fully saturated rings. The highest BCUT2D eigenvalue weighted by Crippen LogP contribution is 2.49. The minimum atomic E-state index is -0.906. The quantitative estimate of drug-likeness (QED) is 0.494. The van der Waals surface area contributed by atoms with Crippen LogP contribution < -0.4 is 10.1 Å². The number of rotatable bonds is 4. The van der Waals surface area contributed by atoms with Gasteiger partial charge in [0.1, 0.15) is 23.0 Å². The van der Waals surface area contributed by atoms with Crippen LogP contribution in [-0.2, 0) is 4.79 Å². The number of urea groups is 1. The Hall–Kier alpha value is -4.11. The number of pyridine rings is 1. The third-order valence-electron chi connectivity index (χ3n) is 8.21. The molecule has 2 N–H and O–H groups in total. The van der Waals surface area contributed by atoms with Gasteiger partial charge >= 0.3 is 6.03 Å². The molecule has 1 spiro atoms. The number of ether oxygens (including phenoxy) is 1. The average molecular weight is 546 g/mol. The standard InChI is InChI=1S/C31H32FN3O5/c1-19-15-21(20-6-8-22(32)9-7-20)16-26(40-2)27(19)28-24(36)17-31(18-25(28)37)10-13-35(14-11-31)30(39)34-29(38)23-5-3-4-12-33-23/h3-9,12,15-16,24,28,36H,10-11,13-14,17-18H2,1-2H3,(H,34,38,39). The second-order valence-electron chi connectivity index (χ2n) is 10.8. The number of nitrogens with one attached hydrogen (secondary N) is 1. The monoisotopic (exact) mass is 545 g/mol. The Bertz CT molecular complexity index is 1420. The Morgan fingerprint density at radius 1 is 1.10 bits per heavy atom. The Morgan fingerprint density at radius 3 is 2.45 bits per heavy atom. The van der Waals surface area contributed by atoms with Crippen LogP contribution in [0.15, 0.2) is 60.8 Å². The van der Waals surface area contributed by atoms with Gasteiger partial charge in [-0.1, -0.05) is 24.3 Å². The van der Waals surface area contributed by atoms with Crippen molar-refractivity contribution in [3.8, 4) is 16.9 Å². The van der Waals surface area contributed by atoms with E-state index in [1.54, 1.807) is 29.2 Å². The summed E-state index contributed by atoms with van der Waals surface area (Å²) in [6, 6.07) is 14.3. The van der Waals surface area contributed by atoms with E-state index in [4.69, 9.17) is 4.74 Å². The summed E-state index contributed by atoms with van der Waals surface area (Å²) in [5, 5.41) is 13.7. The number of carbonyl (C=O) groups is 3. The zero-order valence-corrected chi connectivity index (χ0v) is 22.5. The number of aryl methyl sites for hydroxylation is 1. The summed E-state index contributed by atoms with van der Waals surface area (Å²) in [5.74, 6) is -1.15. The van der Waals surface area contributed by atoms with Crippen LogP contribution in [0.1, 0.15) is 53.2 Å². The summed E-state index contributed by atoms with van der Waals surface area (Å²) in [6.45, 7) is 2.64. The predicted octanol–water partition coefficient (Wildman–Crippen LogP) is 4.64. The Morgan fingerprint density at radius 2 is 1.82 bits per heavy atom. The summed E-state index contributed by atoms with van der Waals surface area (Å²) in [7, 11) is 1.53. The largest absolute Gasteiger partial charge is 0.496 e. The second kappa shape index (κ2) is 11.2. The normalized spacial score (nSPS) is 20.3. The third kappa shape index (κ3) is 5.47. The number of halogens is 1. The molecule has 3 aromatic rings. The highest BCUT2D eigenvalue weighted by atomic mass is 19.1. The number of hydrogen-bond acceptors (Lipinski definition) is 6. The van der Waals surface area contributed by atoms with Crippen LogP contribution in [0.2, 0.25) is 0 Å². The smallest absolute Gasteiger partial charge is 0.324 e. The number of Topliss-reactive ketones (excluding diaryl/α,β-unsaturated/α-hetero) is 1. The van der Waals surface area contributed by atoms with E-state index in [0.717, 1.165) is 16.7 Å². The maximum atomic E-state index is 13.6. The summed E-state index contributed by atoms with van der Waals surface area (Å²) >= 11 is 0. The Kier molecular flexibility index (Phi) is 7.67. The van der Waals surface area contributed by atoms with Gasteiger partial charge in [-0.3, -0.25) is 19.9 Å². The lowest BCUT2D eigenvalue weighted by Crippen LogP contribution is -2.52. The fourth-order valence-electron chi connectivity index (χ4n) is 6.13. The van der Waals surface area contributed by atoms with E-state index in [2.05, 4.69) is 10.3 Å². The first-order valence-electron chi connectivity index (χ1n) is 13.4. The second-order valence-corrected chi connectivity index (χ2v) is 10.8. The van der Waals surface area contributed by atoms with Crippen molar-refractivity contribution in [1.29, 1.82) is 0 Å². The van der Waals surface area contributed by atoms with E-state index in [-0.39, 0.29) is 17.3 Å². The molecule has 1 saturated heterocycles. The lowest BCUT2D eigenvalue weighted by atomic mass is 9.62. The number of aromatic nitrogens is 1. The maximum Gasteiger partial charge on any atom is 0.324 e. The Balaban J connectivity index is 1.27. The number of nitrogens with zero attached hydrogens (tertiary/aromatic N) is 2. The van der Waals surface area contributed by atoms with Gasteiger partial charge in [0, 0.05) is 31.3 Å². The van der Waals surface area contributed by atoms with E-state index in [1.807, 2.05) is 19.1 Å². The molecule has 3 amide bonds. The minimum absolute atomic E-state index is 0.0575. The zero-order chi connectivity index (χ0) is 28.4. The van der Waals surface area contributed by atoms with Crippen LogP contribution in [0, 0.1) is 18.2 Å². The molecule has 9 heteroatoms. The molecule has 1 saturated carbocycles. The fraction of sp³-hybridized carbons (Fsp3) is 0.355. The number of amides is 3. The molecule has 2 heterocycles. The van der Waals surface area contributed by atoms with Crippen molar-refractivity contribution < 1.29 is 28.6 Å². The van der Waals surface area contributed by atoms with E-state index >= 15 is 0 Å². The van der Waals surface area contributed by atoms with Crippen LogP contribution in [0.4, 0.5) is 9.18 Å². The van der Waals surface area contributed by atoms with E-state index < -0.39 is 29.4 Å². The molecule has 1 aromatic heterocycles. The van der Waals surface area contributed by atoms with Crippen molar-refractivity contribution in [1.82, 2.24) is 15.2 Å². The van der Waals surface area contributed by atoms with Gasteiger partial charge < -0.3 is 14.7 Å². The number of aliphatic hydroxyl groups is 1. The number of piperidine rings is 1. The van der Waals surface area contributed by atoms with Crippen molar-refractivity contribution in [2.45, 2.75) is 44.6 Å². The number of benzene rings is 2.